The minimum Gasteiger partial charge on any atom is -0.380 e. The topological polar surface area (TPSA) is 46.2 Å². The largest absolute Gasteiger partial charge is 0.534 e. The Hall–Kier alpha value is 0.0169. The molecule has 0 spiro atoms. The molecule has 0 amide bonds. The standard InChI is InChI=1S/C11H24O5Si/c1-7-11(12-3,10(2)8-16-9-10)17(13-4,14-5)15-6/h7-9H2,1-6H3. The van der Waals surface area contributed by atoms with Gasteiger partial charge in [0, 0.05) is 33.9 Å². The predicted molar refractivity (Wildman–Crippen MR) is 65.7 cm³/mol. The van der Waals surface area contributed by atoms with Crippen LogP contribution in [0.4, 0.5) is 0 Å². The van der Waals surface area contributed by atoms with E-state index in [1.807, 2.05) is 0 Å². The summed E-state index contributed by atoms with van der Waals surface area (Å²) >= 11 is 0. The van der Waals surface area contributed by atoms with E-state index >= 15 is 0 Å². The number of hydrogen-bond acceptors (Lipinski definition) is 5. The van der Waals surface area contributed by atoms with Gasteiger partial charge in [-0.25, -0.2) is 0 Å². The number of ether oxygens (including phenoxy) is 2. The lowest BCUT2D eigenvalue weighted by Crippen LogP contribution is -2.75. The minimum atomic E-state index is -2.90. The molecular formula is C11H24O5Si. The maximum Gasteiger partial charge on any atom is 0.534 e. The van der Waals surface area contributed by atoms with Gasteiger partial charge in [-0.3, -0.25) is 0 Å². The van der Waals surface area contributed by atoms with Gasteiger partial charge in [-0.15, -0.1) is 0 Å². The number of hydrogen-bond donors (Lipinski definition) is 0. The van der Waals surface area contributed by atoms with E-state index < -0.39 is 14.0 Å². The Morgan fingerprint density at radius 2 is 1.59 bits per heavy atom. The summed E-state index contributed by atoms with van der Waals surface area (Å²) in [5.74, 6) is 0. The smallest absolute Gasteiger partial charge is 0.380 e. The molecule has 0 N–H and O–H groups in total. The van der Waals surface area contributed by atoms with Crippen molar-refractivity contribution in [2.75, 3.05) is 41.7 Å². The van der Waals surface area contributed by atoms with Crippen LogP contribution in [0.5, 0.6) is 0 Å². The first-order valence-corrected chi connectivity index (χ1v) is 7.52. The molecule has 0 aromatic carbocycles. The summed E-state index contributed by atoms with van der Waals surface area (Å²) in [5, 5.41) is -0.573. The maximum atomic E-state index is 5.84. The van der Waals surface area contributed by atoms with Crippen LogP contribution in [-0.2, 0) is 22.8 Å². The molecule has 1 rings (SSSR count). The summed E-state index contributed by atoms with van der Waals surface area (Å²) < 4.78 is 28.0. The molecule has 1 aliphatic rings. The molecule has 5 nitrogen and oxygen atoms in total. The molecule has 0 aromatic rings. The highest BCUT2D eigenvalue weighted by Gasteiger charge is 2.70. The Balaban J connectivity index is 3.21. The fourth-order valence-electron chi connectivity index (χ4n) is 2.91. The van der Waals surface area contributed by atoms with Crippen LogP contribution in [0.2, 0.25) is 0 Å². The molecule has 1 atom stereocenters. The van der Waals surface area contributed by atoms with Gasteiger partial charge in [0.25, 0.3) is 0 Å². The van der Waals surface area contributed by atoms with E-state index in [0.29, 0.717) is 13.2 Å². The van der Waals surface area contributed by atoms with Crippen molar-refractivity contribution < 1.29 is 22.8 Å². The molecule has 0 radical (unpaired) electrons. The van der Waals surface area contributed by atoms with E-state index in [4.69, 9.17) is 22.8 Å². The molecule has 6 heteroatoms. The third kappa shape index (κ3) is 1.87. The molecule has 1 unspecified atom stereocenters. The molecule has 1 saturated heterocycles. The second kappa shape index (κ2) is 5.34. The van der Waals surface area contributed by atoms with E-state index in [-0.39, 0.29) is 5.41 Å². The lowest BCUT2D eigenvalue weighted by Gasteiger charge is -2.56. The summed E-state index contributed by atoms with van der Waals surface area (Å²) in [5.41, 5.74) is -0.134. The summed E-state index contributed by atoms with van der Waals surface area (Å²) in [4.78, 5) is 0. The second-order valence-electron chi connectivity index (χ2n) is 4.61. The SMILES string of the molecule is CCC(OC)(C1(C)COC1)[Si](OC)(OC)OC. The van der Waals surface area contributed by atoms with Crippen molar-refractivity contribution in [3.63, 3.8) is 0 Å². The zero-order valence-electron chi connectivity index (χ0n) is 11.7. The first-order chi connectivity index (χ1) is 8.01. The van der Waals surface area contributed by atoms with Crippen LogP contribution in [0.1, 0.15) is 20.3 Å². The fourth-order valence-corrected chi connectivity index (χ4v) is 5.97. The number of rotatable bonds is 7. The van der Waals surface area contributed by atoms with Crippen molar-refractivity contribution in [2.24, 2.45) is 5.41 Å². The van der Waals surface area contributed by atoms with E-state index in [0.717, 1.165) is 6.42 Å². The molecule has 102 valence electrons. The van der Waals surface area contributed by atoms with E-state index in [9.17, 15) is 0 Å². The normalized spacial score (nSPS) is 22.9. The van der Waals surface area contributed by atoms with Crippen LogP contribution < -0.4 is 0 Å². The van der Waals surface area contributed by atoms with Crippen molar-refractivity contribution in [3.05, 3.63) is 0 Å². The maximum absolute atomic E-state index is 5.84. The minimum absolute atomic E-state index is 0.134. The van der Waals surface area contributed by atoms with Gasteiger partial charge in [0.15, 0.2) is 0 Å². The first-order valence-electron chi connectivity index (χ1n) is 5.79. The van der Waals surface area contributed by atoms with Crippen molar-refractivity contribution >= 4 is 8.80 Å². The second-order valence-corrected chi connectivity index (χ2v) is 7.75. The summed E-state index contributed by atoms with van der Waals surface area (Å²) in [6.45, 7) is 5.47. The van der Waals surface area contributed by atoms with Crippen LogP contribution in [0.3, 0.4) is 0 Å². The van der Waals surface area contributed by atoms with Crippen LogP contribution in [0.25, 0.3) is 0 Å². The predicted octanol–water partition coefficient (Wildman–Crippen LogP) is 1.24. The monoisotopic (exact) mass is 264 g/mol. The van der Waals surface area contributed by atoms with Crippen LogP contribution in [0.15, 0.2) is 0 Å². The van der Waals surface area contributed by atoms with Gasteiger partial charge in [-0.1, -0.05) is 13.8 Å². The summed E-state index contributed by atoms with van der Waals surface area (Å²) in [6.07, 6.45) is 0.755. The van der Waals surface area contributed by atoms with Crippen LogP contribution in [0, 0.1) is 5.41 Å². The Bertz CT molecular complexity index is 238. The highest BCUT2D eigenvalue weighted by atomic mass is 28.4. The lowest BCUT2D eigenvalue weighted by atomic mass is 9.80. The Morgan fingerprint density at radius 1 is 1.12 bits per heavy atom. The quantitative estimate of drug-likeness (QED) is 0.647. The van der Waals surface area contributed by atoms with Gasteiger partial charge in [-0.2, -0.15) is 0 Å². The summed E-state index contributed by atoms with van der Waals surface area (Å²) in [7, 11) is 3.63. The van der Waals surface area contributed by atoms with Gasteiger partial charge >= 0.3 is 8.80 Å². The number of methoxy groups -OCH3 is 1. The summed E-state index contributed by atoms with van der Waals surface area (Å²) in [6, 6.07) is 0. The lowest BCUT2D eigenvalue weighted by molar-refractivity contribution is -0.214. The zero-order chi connectivity index (χ0) is 13.2. The highest BCUT2D eigenvalue weighted by molar-refractivity contribution is 6.64. The highest BCUT2D eigenvalue weighted by Crippen LogP contribution is 2.48. The molecule has 1 aliphatic heterocycles. The average Bonchev–Trinajstić information content (AvgIpc) is 2.34. The molecule has 0 bridgehead atoms. The van der Waals surface area contributed by atoms with Crippen LogP contribution >= 0.6 is 0 Å². The molecule has 0 aliphatic carbocycles. The Morgan fingerprint density at radius 3 is 1.76 bits per heavy atom. The zero-order valence-corrected chi connectivity index (χ0v) is 12.7. The van der Waals surface area contributed by atoms with Gasteiger partial charge in [0.05, 0.1) is 13.2 Å². The van der Waals surface area contributed by atoms with Crippen molar-refractivity contribution in [1.82, 2.24) is 0 Å². The third-order valence-corrected chi connectivity index (χ3v) is 7.73. The van der Waals surface area contributed by atoms with Crippen molar-refractivity contribution in [3.8, 4) is 0 Å². The Labute approximate surface area is 105 Å². The van der Waals surface area contributed by atoms with E-state index in [1.54, 1.807) is 28.4 Å². The van der Waals surface area contributed by atoms with Gasteiger partial charge in [0.2, 0.25) is 0 Å². The van der Waals surface area contributed by atoms with E-state index in [2.05, 4.69) is 13.8 Å². The molecule has 1 fully saturated rings. The van der Waals surface area contributed by atoms with Gasteiger partial charge in [0.1, 0.15) is 5.22 Å². The molecule has 0 aromatic heterocycles. The van der Waals surface area contributed by atoms with Crippen molar-refractivity contribution in [2.45, 2.75) is 25.5 Å². The van der Waals surface area contributed by atoms with Gasteiger partial charge in [-0.05, 0) is 6.42 Å². The van der Waals surface area contributed by atoms with Crippen LogP contribution in [-0.4, -0.2) is 55.7 Å². The average molecular weight is 264 g/mol. The van der Waals surface area contributed by atoms with Gasteiger partial charge < -0.3 is 22.8 Å². The third-order valence-electron chi connectivity index (χ3n) is 3.96. The molecule has 17 heavy (non-hydrogen) atoms. The van der Waals surface area contributed by atoms with E-state index in [1.165, 1.54) is 0 Å². The molecule has 1 heterocycles. The van der Waals surface area contributed by atoms with Crippen molar-refractivity contribution in [1.29, 1.82) is 0 Å². The molecular weight excluding hydrogens is 240 g/mol. The fraction of sp³-hybridized carbons (Fsp3) is 1.00. The first kappa shape index (κ1) is 15.1. The Kier molecular flexibility index (Phi) is 4.73. The molecule has 0 saturated carbocycles.